The van der Waals surface area contributed by atoms with Crippen LogP contribution in [0.25, 0.3) is 5.78 Å². The molecule has 104 valence electrons. The Bertz CT molecular complexity index is 758. The molecule has 0 aromatic carbocycles. The second-order valence-corrected chi connectivity index (χ2v) is 4.99. The first kappa shape index (κ1) is 12.7. The molecule has 20 heavy (non-hydrogen) atoms. The quantitative estimate of drug-likeness (QED) is 0.793. The van der Waals surface area contributed by atoms with Gasteiger partial charge < -0.3 is 9.73 Å². The summed E-state index contributed by atoms with van der Waals surface area (Å²) in [5, 5.41) is 7.63. The van der Waals surface area contributed by atoms with Crippen molar-refractivity contribution < 1.29 is 4.42 Å². The van der Waals surface area contributed by atoms with Crippen LogP contribution in [-0.2, 0) is 0 Å². The predicted molar refractivity (Wildman–Crippen MR) is 75.7 cm³/mol. The van der Waals surface area contributed by atoms with Crippen LogP contribution in [0, 0.1) is 20.8 Å². The summed E-state index contributed by atoms with van der Waals surface area (Å²) in [6, 6.07) is 4.13. The molecule has 0 saturated heterocycles. The second kappa shape index (κ2) is 4.63. The van der Waals surface area contributed by atoms with Gasteiger partial charge in [0.2, 0.25) is 0 Å². The fourth-order valence-corrected chi connectivity index (χ4v) is 2.41. The van der Waals surface area contributed by atoms with Crippen LogP contribution in [0.5, 0.6) is 0 Å². The third-order valence-electron chi connectivity index (χ3n) is 3.29. The highest BCUT2D eigenvalue weighted by atomic mass is 16.3. The van der Waals surface area contributed by atoms with Gasteiger partial charge in [0.05, 0.1) is 6.04 Å². The van der Waals surface area contributed by atoms with Crippen LogP contribution in [-0.4, -0.2) is 19.6 Å². The molecule has 0 aliphatic rings. The van der Waals surface area contributed by atoms with Crippen molar-refractivity contribution >= 4 is 11.6 Å². The fraction of sp³-hybridized carbons (Fsp3) is 0.357. The van der Waals surface area contributed by atoms with Gasteiger partial charge >= 0.3 is 0 Å². The van der Waals surface area contributed by atoms with E-state index in [1.54, 1.807) is 4.52 Å². The lowest BCUT2D eigenvalue weighted by Crippen LogP contribution is -2.11. The van der Waals surface area contributed by atoms with E-state index in [1.165, 1.54) is 6.33 Å². The maximum atomic E-state index is 5.58. The summed E-state index contributed by atoms with van der Waals surface area (Å²) in [5.74, 6) is 3.32. The van der Waals surface area contributed by atoms with Gasteiger partial charge in [0.1, 0.15) is 23.7 Å². The van der Waals surface area contributed by atoms with Crippen LogP contribution < -0.4 is 5.32 Å². The van der Waals surface area contributed by atoms with E-state index in [-0.39, 0.29) is 6.04 Å². The Labute approximate surface area is 116 Å². The maximum absolute atomic E-state index is 5.58. The first-order chi connectivity index (χ1) is 9.54. The molecule has 1 atom stereocenters. The minimum absolute atomic E-state index is 0.113. The molecular weight excluding hydrogens is 254 g/mol. The smallest absolute Gasteiger partial charge is 0.254 e. The number of aryl methyl sites for hydroxylation is 3. The van der Waals surface area contributed by atoms with E-state index in [0.717, 1.165) is 28.6 Å². The summed E-state index contributed by atoms with van der Waals surface area (Å²) in [6.45, 7) is 7.96. The van der Waals surface area contributed by atoms with Gasteiger partial charge in [-0.1, -0.05) is 0 Å². The molecule has 0 bridgehead atoms. The average Bonchev–Trinajstić information content (AvgIpc) is 2.95. The monoisotopic (exact) mass is 271 g/mol. The molecule has 0 fully saturated rings. The SMILES string of the molecule is Cc1cc(NC(C)c2cc(C)oc2C)n2ncnc2n1. The lowest BCUT2D eigenvalue weighted by atomic mass is 10.1. The molecule has 3 aromatic heterocycles. The van der Waals surface area contributed by atoms with Gasteiger partial charge in [-0.15, -0.1) is 0 Å². The van der Waals surface area contributed by atoms with Gasteiger partial charge in [0.15, 0.2) is 0 Å². The Kier molecular flexibility index (Phi) is 2.93. The van der Waals surface area contributed by atoms with Gasteiger partial charge in [-0.25, -0.2) is 4.98 Å². The lowest BCUT2D eigenvalue weighted by Gasteiger charge is -2.15. The highest BCUT2D eigenvalue weighted by molar-refractivity contribution is 5.46. The second-order valence-electron chi connectivity index (χ2n) is 4.99. The summed E-state index contributed by atoms with van der Waals surface area (Å²) in [5.41, 5.74) is 2.05. The van der Waals surface area contributed by atoms with Crippen molar-refractivity contribution in [2.24, 2.45) is 0 Å². The number of nitrogens with zero attached hydrogens (tertiary/aromatic N) is 4. The van der Waals surface area contributed by atoms with E-state index >= 15 is 0 Å². The normalized spacial score (nSPS) is 12.8. The molecule has 6 heteroatoms. The molecular formula is C14H17N5O. The molecule has 3 aromatic rings. The van der Waals surface area contributed by atoms with Crippen LogP contribution in [0.2, 0.25) is 0 Å². The Balaban J connectivity index is 1.96. The van der Waals surface area contributed by atoms with Crippen LogP contribution >= 0.6 is 0 Å². The molecule has 0 spiro atoms. The van der Waals surface area contributed by atoms with Gasteiger partial charge in [-0.05, 0) is 33.8 Å². The molecule has 1 N–H and O–H groups in total. The predicted octanol–water partition coefficient (Wildman–Crippen LogP) is 2.82. The number of aromatic nitrogens is 4. The number of nitrogens with one attached hydrogen (secondary N) is 1. The first-order valence-corrected chi connectivity index (χ1v) is 6.55. The Morgan fingerprint density at radius 2 is 2.05 bits per heavy atom. The number of hydrogen-bond acceptors (Lipinski definition) is 5. The van der Waals surface area contributed by atoms with E-state index in [1.807, 2.05) is 26.8 Å². The van der Waals surface area contributed by atoms with E-state index in [0.29, 0.717) is 5.78 Å². The zero-order valence-corrected chi connectivity index (χ0v) is 12.0. The Morgan fingerprint density at radius 1 is 1.25 bits per heavy atom. The highest BCUT2D eigenvalue weighted by Crippen LogP contribution is 2.25. The van der Waals surface area contributed by atoms with Crippen LogP contribution in [0.15, 0.2) is 22.9 Å². The lowest BCUT2D eigenvalue weighted by molar-refractivity contribution is 0.499. The van der Waals surface area contributed by atoms with Crippen LogP contribution in [0.3, 0.4) is 0 Å². The molecule has 0 saturated carbocycles. The van der Waals surface area contributed by atoms with E-state index in [9.17, 15) is 0 Å². The van der Waals surface area contributed by atoms with E-state index in [4.69, 9.17) is 4.42 Å². The summed E-state index contributed by atoms with van der Waals surface area (Å²) in [4.78, 5) is 8.45. The summed E-state index contributed by atoms with van der Waals surface area (Å²) in [7, 11) is 0. The highest BCUT2D eigenvalue weighted by Gasteiger charge is 2.14. The molecule has 6 nitrogen and oxygen atoms in total. The largest absolute Gasteiger partial charge is 0.466 e. The summed E-state index contributed by atoms with van der Waals surface area (Å²) < 4.78 is 7.28. The Hall–Kier alpha value is -2.37. The first-order valence-electron chi connectivity index (χ1n) is 6.55. The van der Waals surface area contributed by atoms with Crippen molar-refractivity contribution in [2.45, 2.75) is 33.7 Å². The molecule has 0 radical (unpaired) electrons. The minimum atomic E-state index is 0.113. The number of rotatable bonds is 3. The number of furan rings is 1. The average molecular weight is 271 g/mol. The maximum Gasteiger partial charge on any atom is 0.254 e. The third-order valence-corrected chi connectivity index (χ3v) is 3.29. The Morgan fingerprint density at radius 3 is 2.75 bits per heavy atom. The van der Waals surface area contributed by atoms with Crippen LogP contribution in [0.4, 0.5) is 5.82 Å². The van der Waals surface area contributed by atoms with Gasteiger partial charge in [-0.2, -0.15) is 14.6 Å². The summed E-state index contributed by atoms with van der Waals surface area (Å²) >= 11 is 0. The van der Waals surface area contributed by atoms with Crippen molar-refractivity contribution in [3.63, 3.8) is 0 Å². The van der Waals surface area contributed by atoms with Gasteiger partial charge in [-0.3, -0.25) is 0 Å². The van der Waals surface area contributed by atoms with Crippen molar-refractivity contribution in [2.75, 3.05) is 5.32 Å². The summed E-state index contributed by atoms with van der Waals surface area (Å²) in [6.07, 6.45) is 1.50. The standard InChI is InChI=1S/C14H17N5O/c1-8-5-13(19-14(17-8)15-7-16-19)18-10(3)12-6-9(2)20-11(12)4/h5-7,10,18H,1-4H3. The van der Waals surface area contributed by atoms with Crippen molar-refractivity contribution in [3.05, 3.63) is 41.2 Å². The van der Waals surface area contributed by atoms with Gasteiger partial charge in [0, 0.05) is 17.3 Å². The zero-order valence-electron chi connectivity index (χ0n) is 12.0. The molecule has 0 amide bonds. The number of fused-ring (bicyclic) bond motifs is 1. The van der Waals surface area contributed by atoms with Crippen LogP contribution in [0.1, 0.15) is 35.7 Å². The zero-order chi connectivity index (χ0) is 14.3. The van der Waals surface area contributed by atoms with Crippen molar-refractivity contribution in [1.29, 1.82) is 0 Å². The number of hydrogen-bond donors (Lipinski definition) is 1. The molecule has 0 aliphatic heterocycles. The third kappa shape index (κ3) is 2.13. The van der Waals surface area contributed by atoms with Gasteiger partial charge in [0.25, 0.3) is 5.78 Å². The minimum Gasteiger partial charge on any atom is -0.466 e. The number of anilines is 1. The molecule has 3 rings (SSSR count). The van der Waals surface area contributed by atoms with Crippen molar-refractivity contribution in [3.8, 4) is 0 Å². The fourth-order valence-electron chi connectivity index (χ4n) is 2.41. The van der Waals surface area contributed by atoms with E-state index < -0.39 is 0 Å². The topological polar surface area (TPSA) is 68.2 Å². The molecule has 1 unspecified atom stereocenters. The molecule has 0 aliphatic carbocycles. The van der Waals surface area contributed by atoms with E-state index in [2.05, 4.69) is 33.4 Å². The molecule has 3 heterocycles. The van der Waals surface area contributed by atoms with Crippen molar-refractivity contribution in [1.82, 2.24) is 19.6 Å².